The summed E-state index contributed by atoms with van der Waals surface area (Å²) >= 11 is 0. The SMILES string of the molecule is O=C(OCc1ccccc1)c1cccc2c1CCC=N2. The average Bonchev–Trinajstić information content (AvgIpc) is 2.53. The van der Waals surface area contributed by atoms with Gasteiger partial charge in [-0.25, -0.2) is 4.79 Å². The zero-order chi connectivity index (χ0) is 13.8. The first-order valence-electron chi connectivity index (χ1n) is 6.70. The Bertz CT molecular complexity index is 647. The molecular formula is C17H15NO2. The molecule has 20 heavy (non-hydrogen) atoms. The quantitative estimate of drug-likeness (QED) is 0.794. The predicted octanol–water partition coefficient (Wildman–Crippen LogP) is 3.69. The van der Waals surface area contributed by atoms with E-state index >= 15 is 0 Å². The molecule has 1 aliphatic heterocycles. The van der Waals surface area contributed by atoms with E-state index in [9.17, 15) is 4.79 Å². The summed E-state index contributed by atoms with van der Waals surface area (Å²) in [6.07, 6.45) is 3.60. The van der Waals surface area contributed by atoms with Gasteiger partial charge in [-0.1, -0.05) is 36.4 Å². The van der Waals surface area contributed by atoms with Crippen LogP contribution in [-0.4, -0.2) is 12.2 Å². The molecule has 0 fully saturated rings. The van der Waals surface area contributed by atoms with Crippen LogP contribution in [0.25, 0.3) is 0 Å². The summed E-state index contributed by atoms with van der Waals surface area (Å²) in [5, 5.41) is 0. The highest BCUT2D eigenvalue weighted by Crippen LogP contribution is 2.27. The lowest BCUT2D eigenvalue weighted by Crippen LogP contribution is -2.10. The van der Waals surface area contributed by atoms with Crippen LogP contribution in [0.2, 0.25) is 0 Å². The van der Waals surface area contributed by atoms with Crippen molar-refractivity contribution in [3.63, 3.8) is 0 Å². The van der Waals surface area contributed by atoms with Crippen molar-refractivity contribution in [3.05, 3.63) is 65.2 Å². The van der Waals surface area contributed by atoms with Crippen molar-refractivity contribution in [3.8, 4) is 0 Å². The maximum atomic E-state index is 12.2. The molecule has 1 aliphatic rings. The smallest absolute Gasteiger partial charge is 0.338 e. The summed E-state index contributed by atoms with van der Waals surface area (Å²) in [6, 6.07) is 15.3. The van der Waals surface area contributed by atoms with Gasteiger partial charge in [-0.2, -0.15) is 0 Å². The maximum absolute atomic E-state index is 12.2. The Morgan fingerprint density at radius 3 is 2.80 bits per heavy atom. The Kier molecular flexibility index (Phi) is 3.59. The number of hydrogen-bond acceptors (Lipinski definition) is 3. The molecule has 3 heteroatoms. The molecule has 0 N–H and O–H groups in total. The Hall–Kier alpha value is -2.42. The fraction of sp³-hybridized carbons (Fsp3) is 0.176. The van der Waals surface area contributed by atoms with E-state index in [1.165, 1.54) is 0 Å². The summed E-state index contributed by atoms with van der Waals surface area (Å²) in [7, 11) is 0. The molecule has 0 aliphatic carbocycles. The fourth-order valence-electron chi connectivity index (χ4n) is 2.32. The first kappa shape index (κ1) is 12.6. The van der Waals surface area contributed by atoms with E-state index in [2.05, 4.69) is 4.99 Å². The highest BCUT2D eigenvalue weighted by molar-refractivity contribution is 5.93. The van der Waals surface area contributed by atoms with Gasteiger partial charge in [-0.15, -0.1) is 0 Å². The van der Waals surface area contributed by atoms with Gasteiger partial charge in [0, 0.05) is 6.21 Å². The molecule has 100 valence electrons. The summed E-state index contributed by atoms with van der Waals surface area (Å²) in [6.45, 7) is 0.298. The Labute approximate surface area is 117 Å². The van der Waals surface area contributed by atoms with E-state index in [1.807, 2.05) is 54.7 Å². The van der Waals surface area contributed by atoms with Crippen LogP contribution in [0.4, 0.5) is 5.69 Å². The topological polar surface area (TPSA) is 38.7 Å². The van der Waals surface area contributed by atoms with Gasteiger partial charge in [-0.3, -0.25) is 4.99 Å². The van der Waals surface area contributed by atoms with E-state index in [-0.39, 0.29) is 5.97 Å². The van der Waals surface area contributed by atoms with E-state index in [1.54, 1.807) is 0 Å². The molecule has 3 rings (SSSR count). The molecule has 0 amide bonds. The molecule has 3 nitrogen and oxygen atoms in total. The third-order valence-electron chi connectivity index (χ3n) is 3.34. The van der Waals surface area contributed by atoms with E-state index in [0.29, 0.717) is 12.2 Å². The lowest BCUT2D eigenvalue weighted by Gasteiger charge is -2.14. The third kappa shape index (κ3) is 2.62. The zero-order valence-electron chi connectivity index (χ0n) is 11.1. The van der Waals surface area contributed by atoms with Crippen molar-refractivity contribution < 1.29 is 9.53 Å². The second-order valence-electron chi connectivity index (χ2n) is 4.72. The number of rotatable bonds is 3. The van der Waals surface area contributed by atoms with Crippen LogP contribution in [0.1, 0.15) is 27.9 Å². The minimum Gasteiger partial charge on any atom is -0.457 e. The number of aliphatic imine (C=N–C) groups is 1. The lowest BCUT2D eigenvalue weighted by atomic mass is 9.99. The predicted molar refractivity (Wildman–Crippen MR) is 78.5 cm³/mol. The second kappa shape index (κ2) is 5.70. The van der Waals surface area contributed by atoms with Gasteiger partial charge in [0.25, 0.3) is 0 Å². The minimum absolute atomic E-state index is 0.275. The number of carbonyl (C=O) groups excluding carboxylic acids is 1. The van der Waals surface area contributed by atoms with Crippen molar-refractivity contribution in [1.29, 1.82) is 0 Å². The van der Waals surface area contributed by atoms with E-state index in [4.69, 9.17) is 4.74 Å². The van der Waals surface area contributed by atoms with Gasteiger partial charge in [0.2, 0.25) is 0 Å². The lowest BCUT2D eigenvalue weighted by molar-refractivity contribution is 0.0471. The molecule has 0 bridgehead atoms. The Morgan fingerprint density at radius 1 is 1.10 bits per heavy atom. The van der Waals surface area contributed by atoms with Gasteiger partial charge < -0.3 is 4.74 Å². The van der Waals surface area contributed by atoms with Crippen molar-refractivity contribution in [2.75, 3.05) is 0 Å². The van der Waals surface area contributed by atoms with Crippen molar-refractivity contribution in [2.45, 2.75) is 19.4 Å². The number of nitrogens with zero attached hydrogens (tertiary/aromatic N) is 1. The monoisotopic (exact) mass is 265 g/mol. The molecule has 2 aromatic carbocycles. The maximum Gasteiger partial charge on any atom is 0.338 e. The van der Waals surface area contributed by atoms with Crippen LogP contribution < -0.4 is 0 Å². The van der Waals surface area contributed by atoms with Crippen LogP contribution in [-0.2, 0) is 17.8 Å². The molecule has 0 saturated heterocycles. The van der Waals surface area contributed by atoms with E-state index < -0.39 is 0 Å². The molecule has 0 spiro atoms. The highest BCUT2D eigenvalue weighted by atomic mass is 16.5. The average molecular weight is 265 g/mol. The number of hydrogen-bond donors (Lipinski definition) is 0. The molecular weight excluding hydrogens is 250 g/mol. The molecule has 1 heterocycles. The van der Waals surface area contributed by atoms with Crippen LogP contribution in [0.15, 0.2) is 53.5 Å². The van der Waals surface area contributed by atoms with Crippen LogP contribution >= 0.6 is 0 Å². The molecule has 2 aromatic rings. The molecule has 0 saturated carbocycles. The number of fused-ring (bicyclic) bond motifs is 1. The number of benzene rings is 2. The molecule has 0 unspecified atom stereocenters. The van der Waals surface area contributed by atoms with Gasteiger partial charge in [0.05, 0.1) is 11.3 Å². The van der Waals surface area contributed by atoms with Crippen LogP contribution in [0.3, 0.4) is 0 Å². The first-order chi connectivity index (χ1) is 9.84. The first-order valence-corrected chi connectivity index (χ1v) is 6.70. The minimum atomic E-state index is -0.275. The largest absolute Gasteiger partial charge is 0.457 e. The standard InChI is InChI=1S/C17H15NO2/c19-17(20-12-13-6-2-1-3-7-13)15-8-4-10-16-14(15)9-5-11-18-16/h1-4,6-8,10-11H,5,9,12H2. The molecule has 0 aromatic heterocycles. The van der Waals surface area contributed by atoms with Crippen LogP contribution in [0.5, 0.6) is 0 Å². The summed E-state index contributed by atoms with van der Waals surface area (Å²) in [5.41, 5.74) is 3.50. The Morgan fingerprint density at radius 2 is 1.95 bits per heavy atom. The highest BCUT2D eigenvalue weighted by Gasteiger charge is 2.17. The third-order valence-corrected chi connectivity index (χ3v) is 3.34. The van der Waals surface area contributed by atoms with Crippen LogP contribution in [0, 0.1) is 0 Å². The Balaban J connectivity index is 1.76. The normalized spacial score (nSPS) is 12.8. The second-order valence-corrected chi connectivity index (χ2v) is 4.72. The number of ether oxygens (including phenoxy) is 1. The summed E-state index contributed by atoms with van der Waals surface area (Å²) in [5.74, 6) is -0.275. The van der Waals surface area contributed by atoms with Gasteiger partial charge in [0.15, 0.2) is 0 Å². The van der Waals surface area contributed by atoms with Gasteiger partial charge in [-0.05, 0) is 36.1 Å². The van der Waals surface area contributed by atoms with Crippen molar-refractivity contribution in [2.24, 2.45) is 4.99 Å². The molecule has 0 atom stereocenters. The zero-order valence-corrected chi connectivity index (χ0v) is 11.1. The van der Waals surface area contributed by atoms with E-state index in [0.717, 1.165) is 29.7 Å². The van der Waals surface area contributed by atoms with Crippen molar-refractivity contribution >= 4 is 17.9 Å². The fourth-order valence-corrected chi connectivity index (χ4v) is 2.32. The number of esters is 1. The van der Waals surface area contributed by atoms with Gasteiger partial charge >= 0.3 is 5.97 Å². The van der Waals surface area contributed by atoms with Crippen molar-refractivity contribution in [1.82, 2.24) is 0 Å². The molecule has 0 radical (unpaired) electrons. The summed E-state index contributed by atoms with van der Waals surface area (Å²) < 4.78 is 5.39. The summed E-state index contributed by atoms with van der Waals surface area (Å²) in [4.78, 5) is 16.5. The number of carbonyl (C=O) groups is 1. The van der Waals surface area contributed by atoms with Gasteiger partial charge in [0.1, 0.15) is 6.61 Å².